The van der Waals surface area contributed by atoms with Gasteiger partial charge in [-0.1, -0.05) is 0 Å². The Balaban J connectivity index is 1.74. The lowest BCUT2D eigenvalue weighted by atomic mass is 9.87. The average molecular weight is 310 g/mol. The van der Waals surface area contributed by atoms with Gasteiger partial charge in [0.25, 0.3) is 0 Å². The highest BCUT2D eigenvalue weighted by molar-refractivity contribution is 5.45. The summed E-state index contributed by atoms with van der Waals surface area (Å²) in [7, 11) is 4.19. The Morgan fingerprint density at radius 3 is 2.96 bits per heavy atom. The summed E-state index contributed by atoms with van der Waals surface area (Å²) in [6.45, 7) is 1.98. The minimum Gasteiger partial charge on any atom is -0.385 e. The van der Waals surface area contributed by atoms with Crippen molar-refractivity contribution < 1.29 is 0 Å². The number of pyridine rings is 1. The molecule has 2 aromatic heterocycles. The second-order valence-electron chi connectivity index (χ2n) is 6.13. The van der Waals surface area contributed by atoms with Crippen LogP contribution in [0.25, 0.3) is 0 Å². The van der Waals surface area contributed by atoms with E-state index in [1.54, 1.807) is 12.3 Å². The summed E-state index contributed by atoms with van der Waals surface area (Å²) in [4.78, 5) is 6.43. The average Bonchev–Trinajstić information content (AvgIpc) is 2.99. The molecule has 0 amide bonds. The Bertz CT molecular complexity index is 701. The lowest BCUT2D eigenvalue weighted by Crippen LogP contribution is -2.39. The largest absolute Gasteiger partial charge is 0.385 e. The SMILES string of the molecule is CN1CCC[C@@H](CNc2ccnc(C#N)c2)[C@@H]1c1ccnn1C. The van der Waals surface area contributed by atoms with E-state index < -0.39 is 0 Å². The zero-order valence-corrected chi connectivity index (χ0v) is 13.6. The summed E-state index contributed by atoms with van der Waals surface area (Å²) < 4.78 is 1.97. The van der Waals surface area contributed by atoms with E-state index in [1.807, 2.05) is 24.0 Å². The number of likely N-dealkylation sites (tertiary alicyclic amines) is 1. The molecule has 6 nitrogen and oxygen atoms in total. The van der Waals surface area contributed by atoms with E-state index in [-0.39, 0.29) is 0 Å². The van der Waals surface area contributed by atoms with Crippen molar-refractivity contribution in [1.82, 2.24) is 19.7 Å². The monoisotopic (exact) mass is 310 g/mol. The van der Waals surface area contributed by atoms with Crippen molar-refractivity contribution in [3.63, 3.8) is 0 Å². The van der Waals surface area contributed by atoms with E-state index in [0.717, 1.165) is 18.8 Å². The highest BCUT2D eigenvalue weighted by atomic mass is 15.3. The number of nitrogens with one attached hydrogen (secondary N) is 1. The van der Waals surface area contributed by atoms with Crippen molar-refractivity contribution in [2.75, 3.05) is 25.5 Å². The summed E-state index contributed by atoms with van der Waals surface area (Å²) >= 11 is 0. The molecule has 120 valence electrons. The van der Waals surface area contributed by atoms with Gasteiger partial charge in [-0.15, -0.1) is 0 Å². The Hall–Kier alpha value is -2.39. The van der Waals surface area contributed by atoms with E-state index in [9.17, 15) is 0 Å². The molecular formula is C17H22N6. The van der Waals surface area contributed by atoms with Crippen LogP contribution in [0.3, 0.4) is 0 Å². The van der Waals surface area contributed by atoms with Gasteiger partial charge in [-0.05, 0) is 50.6 Å². The minimum absolute atomic E-state index is 0.362. The Kier molecular flexibility index (Phi) is 4.58. The maximum atomic E-state index is 8.95. The first-order valence-electron chi connectivity index (χ1n) is 7.97. The molecule has 3 rings (SSSR count). The molecule has 2 aromatic rings. The number of rotatable bonds is 4. The van der Waals surface area contributed by atoms with Crippen molar-refractivity contribution >= 4 is 5.69 Å². The van der Waals surface area contributed by atoms with Crippen LogP contribution in [0, 0.1) is 17.2 Å². The summed E-state index contributed by atoms with van der Waals surface area (Å²) in [6, 6.07) is 8.26. The normalized spacial score (nSPS) is 21.8. The number of hydrogen-bond donors (Lipinski definition) is 1. The lowest BCUT2D eigenvalue weighted by molar-refractivity contribution is 0.121. The fourth-order valence-electron chi connectivity index (χ4n) is 3.47. The highest BCUT2D eigenvalue weighted by Gasteiger charge is 2.32. The maximum absolute atomic E-state index is 8.95. The van der Waals surface area contributed by atoms with Crippen LogP contribution in [0.5, 0.6) is 0 Å². The zero-order chi connectivity index (χ0) is 16.2. The summed E-state index contributed by atoms with van der Waals surface area (Å²) in [5.74, 6) is 0.503. The molecule has 0 aliphatic carbocycles. The van der Waals surface area contributed by atoms with E-state index in [1.165, 1.54) is 18.5 Å². The van der Waals surface area contributed by atoms with Crippen LogP contribution in [0.2, 0.25) is 0 Å². The number of anilines is 1. The molecule has 1 aliphatic heterocycles. The van der Waals surface area contributed by atoms with Crippen LogP contribution in [-0.2, 0) is 7.05 Å². The molecule has 6 heteroatoms. The molecule has 1 aliphatic rings. The standard InChI is InChI=1S/C17H22N6/c1-22-9-3-4-13(17(22)16-6-8-21-23(16)2)12-20-14-5-7-19-15(10-14)11-18/h5-8,10,13,17H,3-4,9,12H2,1-2H3,(H,19,20)/t13-,17+/m0/s1. The summed E-state index contributed by atoms with van der Waals surface area (Å²) in [6.07, 6.45) is 5.93. The molecule has 0 spiro atoms. The van der Waals surface area contributed by atoms with Crippen LogP contribution in [0.4, 0.5) is 5.69 Å². The van der Waals surface area contributed by atoms with E-state index >= 15 is 0 Å². The molecule has 0 unspecified atom stereocenters. The molecule has 3 heterocycles. The summed E-state index contributed by atoms with van der Waals surface area (Å²) in [5, 5.41) is 16.8. The van der Waals surface area contributed by atoms with Gasteiger partial charge in [-0.25, -0.2) is 4.98 Å². The molecule has 0 radical (unpaired) electrons. The van der Waals surface area contributed by atoms with Crippen LogP contribution in [0.1, 0.15) is 30.3 Å². The fraction of sp³-hybridized carbons (Fsp3) is 0.471. The molecule has 1 N–H and O–H groups in total. The fourth-order valence-corrected chi connectivity index (χ4v) is 3.47. The smallest absolute Gasteiger partial charge is 0.142 e. The van der Waals surface area contributed by atoms with Gasteiger partial charge in [-0.2, -0.15) is 10.4 Å². The first-order chi connectivity index (χ1) is 11.2. The predicted molar refractivity (Wildman–Crippen MR) is 88.7 cm³/mol. The second kappa shape index (κ2) is 6.80. The van der Waals surface area contributed by atoms with Gasteiger partial charge in [0.1, 0.15) is 11.8 Å². The van der Waals surface area contributed by atoms with Gasteiger partial charge in [0.15, 0.2) is 0 Å². The van der Waals surface area contributed by atoms with Crippen molar-refractivity contribution in [2.45, 2.75) is 18.9 Å². The third-order valence-corrected chi connectivity index (χ3v) is 4.61. The second-order valence-corrected chi connectivity index (χ2v) is 6.13. The van der Waals surface area contributed by atoms with Gasteiger partial charge in [0.05, 0.1) is 11.7 Å². The van der Waals surface area contributed by atoms with Crippen molar-refractivity contribution in [1.29, 1.82) is 5.26 Å². The lowest BCUT2D eigenvalue weighted by Gasteiger charge is -2.39. The van der Waals surface area contributed by atoms with Gasteiger partial charge < -0.3 is 5.32 Å². The molecule has 1 fully saturated rings. The van der Waals surface area contributed by atoms with E-state index in [2.05, 4.69) is 39.5 Å². The number of nitriles is 1. The number of aryl methyl sites for hydroxylation is 1. The summed E-state index contributed by atoms with van der Waals surface area (Å²) in [5.41, 5.74) is 2.65. The van der Waals surface area contributed by atoms with Crippen LogP contribution in [0.15, 0.2) is 30.6 Å². The molecule has 2 atom stereocenters. The van der Waals surface area contributed by atoms with Gasteiger partial charge in [0, 0.05) is 31.7 Å². The maximum Gasteiger partial charge on any atom is 0.142 e. The molecular weight excluding hydrogens is 288 g/mol. The van der Waals surface area contributed by atoms with Crippen molar-refractivity contribution in [3.05, 3.63) is 42.0 Å². The van der Waals surface area contributed by atoms with Crippen LogP contribution >= 0.6 is 0 Å². The highest BCUT2D eigenvalue weighted by Crippen LogP contribution is 2.34. The van der Waals surface area contributed by atoms with Gasteiger partial charge >= 0.3 is 0 Å². The van der Waals surface area contributed by atoms with Crippen molar-refractivity contribution in [3.8, 4) is 6.07 Å². The zero-order valence-electron chi connectivity index (χ0n) is 13.6. The first-order valence-corrected chi connectivity index (χ1v) is 7.97. The number of nitrogens with zero attached hydrogens (tertiary/aromatic N) is 5. The van der Waals surface area contributed by atoms with Gasteiger partial charge in [-0.3, -0.25) is 9.58 Å². The van der Waals surface area contributed by atoms with E-state index in [0.29, 0.717) is 17.7 Å². The van der Waals surface area contributed by atoms with Crippen LogP contribution in [-0.4, -0.2) is 39.8 Å². The Morgan fingerprint density at radius 1 is 1.35 bits per heavy atom. The molecule has 0 bridgehead atoms. The molecule has 0 saturated carbocycles. The minimum atomic E-state index is 0.362. The van der Waals surface area contributed by atoms with Crippen molar-refractivity contribution in [2.24, 2.45) is 13.0 Å². The quantitative estimate of drug-likeness (QED) is 0.937. The molecule has 23 heavy (non-hydrogen) atoms. The number of aromatic nitrogens is 3. The number of piperidine rings is 1. The molecule has 1 saturated heterocycles. The third kappa shape index (κ3) is 3.35. The topological polar surface area (TPSA) is 69.8 Å². The van der Waals surface area contributed by atoms with Gasteiger partial charge in [0.2, 0.25) is 0 Å². The number of hydrogen-bond acceptors (Lipinski definition) is 5. The Morgan fingerprint density at radius 2 is 2.22 bits per heavy atom. The Labute approximate surface area is 136 Å². The first kappa shape index (κ1) is 15.5. The van der Waals surface area contributed by atoms with E-state index in [4.69, 9.17) is 5.26 Å². The van der Waals surface area contributed by atoms with Crippen LogP contribution < -0.4 is 5.32 Å². The third-order valence-electron chi connectivity index (χ3n) is 4.61. The molecule has 0 aromatic carbocycles. The predicted octanol–water partition coefficient (Wildman–Crippen LogP) is 2.18.